The fourth-order valence-electron chi connectivity index (χ4n) is 1.31. The molecule has 0 spiro atoms. The molecule has 0 bridgehead atoms. The summed E-state index contributed by atoms with van der Waals surface area (Å²) in [5, 5.41) is 0. The van der Waals surface area contributed by atoms with Crippen LogP contribution in [0.1, 0.15) is 6.92 Å². The van der Waals surface area contributed by atoms with Gasteiger partial charge in [-0.05, 0) is 5.41 Å². The Labute approximate surface area is 77.7 Å². The normalized spacial score (nSPS) is 11.1. The van der Waals surface area contributed by atoms with E-state index in [4.69, 9.17) is 4.74 Å². The highest BCUT2D eigenvalue weighted by molar-refractivity contribution is 6.15. The molecule has 0 unspecified atom stereocenters. The molecule has 0 aliphatic heterocycles. The molecule has 0 aromatic heterocycles. The summed E-state index contributed by atoms with van der Waals surface area (Å²) in [5.41, 5.74) is 0.214. The van der Waals surface area contributed by atoms with Gasteiger partial charge < -0.3 is 4.74 Å². The minimum absolute atomic E-state index is 0.172. The highest BCUT2D eigenvalue weighted by Crippen LogP contribution is 2.29. The van der Waals surface area contributed by atoms with Crippen LogP contribution in [0.5, 0.6) is 0 Å². The molecule has 0 aromatic carbocycles. The number of ether oxygens (including phenoxy) is 1. The third-order valence-electron chi connectivity index (χ3n) is 2.83. The molecule has 5 heteroatoms. The lowest BCUT2D eigenvalue weighted by Crippen LogP contribution is -2.27. The van der Waals surface area contributed by atoms with Crippen LogP contribution in [0.25, 0.3) is 0 Å². The predicted molar refractivity (Wildman–Crippen MR) is 59.1 cm³/mol. The summed E-state index contributed by atoms with van der Waals surface area (Å²) >= 11 is 0. The van der Waals surface area contributed by atoms with Gasteiger partial charge in [-0.25, -0.2) is 0 Å². The van der Waals surface area contributed by atoms with Crippen molar-refractivity contribution < 1.29 is 9.53 Å². The van der Waals surface area contributed by atoms with Crippen molar-refractivity contribution in [2.75, 3.05) is 6.61 Å². The van der Waals surface area contributed by atoms with Crippen LogP contribution in [0.15, 0.2) is 0 Å². The lowest BCUT2D eigenvalue weighted by molar-refractivity contribution is -0.143. The molecule has 0 N–H and O–H groups in total. The van der Waals surface area contributed by atoms with Gasteiger partial charge in [0.05, 0.1) is 6.61 Å². The number of carbonyl (C=O) groups excluding carboxylic acids is 1. The van der Waals surface area contributed by atoms with E-state index in [-0.39, 0.29) is 11.4 Å². The van der Waals surface area contributed by atoms with Gasteiger partial charge in [-0.3, -0.25) is 4.79 Å². The average molecular weight is 166 g/mol. The van der Waals surface area contributed by atoms with Gasteiger partial charge in [-0.1, -0.05) is 19.0 Å². The van der Waals surface area contributed by atoms with Crippen molar-refractivity contribution in [3.05, 3.63) is 0 Å². The van der Waals surface area contributed by atoms with E-state index in [1.165, 1.54) is 6.92 Å². The van der Waals surface area contributed by atoms with Gasteiger partial charge in [0.1, 0.15) is 23.5 Å². The molecule has 0 radical (unpaired) electrons. The maximum absolute atomic E-state index is 10.6. The Morgan fingerprint density at radius 1 is 1.25 bits per heavy atom. The summed E-state index contributed by atoms with van der Waals surface area (Å²) in [5.74, 6) is -0.172. The molecule has 66 valence electrons. The van der Waals surface area contributed by atoms with Crippen LogP contribution in [-0.4, -0.2) is 36.1 Å². The molecule has 2 nitrogen and oxygen atoms in total. The molecular formula is C7H17B3O2. The zero-order chi connectivity index (χ0) is 9.61. The lowest BCUT2D eigenvalue weighted by atomic mass is 9.62. The maximum Gasteiger partial charge on any atom is 0.302 e. The Hall–Kier alpha value is -0.335. The van der Waals surface area contributed by atoms with E-state index in [0.717, 1.165) is 19.0 Å². The molecule has 0 saturated heterocycles. The topological polar surface area (TPSA) is 26.3 Å². The van der Waals surface area contributed by atoms with Crippen LogP contribution < -0.4 is 0 Å². The minimum Gasteiger partial charge on any atom is -0.465 e. The second-order valence-electron chi connectivity index (χ2n) is 3.34. The van der Waals surface area contributed by atoms with E-state index in [0.29, 0.717) is 6.61 Å². The number of esters is 1. The van der Waals surface area contributed by atoms with Crippen LogP contribution in [0.2, 0.25) is 19.0 Å². The van der Waals surface area contributed by atoms with Gasteiger partial charge in [0.15, 0.2) is 0 Å². The molecule has 0 rings (SSSR count). The number of hydrogen-bond donors (Lipinski definition) is 0. The Bertz CT molecular complexity index is 137. The van der Waals surface area contributed by atoms with Crippen molar-refractivity contribution in [2.45, 2.75) is 25.9 Å². The molecule has 12 heavy (non-hydrogen) atoms. The van der Waals surface area contributed by atoms with Crippen LogP contribution >= 0.6 is 0 Å². The van der Waals surface area contributed by atoms with Crippen molar-refractivity contribution >= 4 is 29.5 Å². The summed E-state index contributed by atoms with van der Waals surface area (Å²) < 4.78 is 5.04. The second kappa shape index (κ2) is 5.33. The Morgan fingerprint density at radius 2 is 1.67 bits per heavy atom. The fraction of sp³-hybridized carbons (Fsp3) is 0.857. The van der Waals surface area contributed by atoms with E-state index in [2.05, 4.69) is 23.5 Å². The summed E-state index contributed by atoms with van der Waals surface area (Å²) in [7, 11) is 6.45. The molecule has 0 heterocycles. The highest BCUT2D eigenvalue weighted by Gasteiger charge is 2.24. The molecule has 0 aromatic rings. The first-order chi connectivity index (χ1) is 5.60. The van der Waals surface area contributed by atoms with Crippen molar-refractivity contribution in [3.63, 3.8) is 0 Å². The van der Waals surface area contributed by atoms with Gasteiger partial charge in [0.2, 0.25) is 0 Å². The first kappa shape index (κ1) is 11.7. The maximum atomic E-state index is 10.6. The van der Waals surface area contributed by atoms with Gasteiger partial charge in [-0.2, -0.15) is 0 Å². The number of carbonyl (C=O) groups is 1. The zero-order valence-electron chi connectivity index (χ0n) is 8.64. The summed E-state index contributed by atoms with van der Waals surface area (Å²) in [4.78, 5) is 10.6. The van der Waals surface area contributed by atoms with Crippen LogP contribution in [0, 0.1) is 5.41 Å². The van der Waals surface area contributed by atoms with Gasteiger partial charge in [0, 0.05) is 6.92 Å². The zero-order valence-corrected chi connectivity index (χ0v) is 8.64. The third kappa shape index (κ3) is 3.37. The predicted octanol–water partition coefficient (Wildman–Crippen LogP) is -1.31. The fourth-order valence-corrected chi connectivity index (χ4v) is 1.31. The first-order valence-corrected chi connectivity index (χ1v) is 4.73. The van der Waals surface area contributed by atoms with E-state index in [9.17, 15) is 4.79 Å². The molecule has 0 aliphatic carbocycles. The highest BCUT2D eigenvalue weighted by atomic mass is 16.5. The van der Waals surface area contributed by atoms with Crippen molar-refractivity contribution in [1.82, 2.24) is 0 Å². The number of hydrogen-bond acceptors (Lipinski definition) is 2. The smallest absolute Gasteiger partial charge is 0.302 e. The van der Waals surface area contributed by atoms with Crippen LogP contribution in [-0.2, 0) is 9.53 Å². The monoisotopic (exact) mass is 166 g/mol. The van der Waals surface area contributed by atoms with Gasteiger partial charge in [-0.15, -0.1) is 0 Å². The lowest BCUT2D eigenvalue weighted by Gasteiger charge is -2.29. The summed E-state index contributed by atoms with van der Waals surface area (Å²) in [6, 6.07) is 0. The SMILES string of the molecule is BCC(CB)(CB)COC(C)=O. The molecular weight excluding hydrogens is 149 g/mol. The largest absolute Gasteiger partial charge is 0.465 e. The van der Waals surface area contributed by atoms with E-state index in [1.807, 2.05) is 0 Å². The number of rotatable bonds is 5. The Morgan fingerprint density at radius 3 is 1.92 bits per heavy atom. The van der Waals surface area contributed by atoms with Crippen molar-refractivity contribution in [2.24, 2.45) is 5.41 Å². The molecule has 0 fully saturated rings. The summed E-state index contributed by atoms with van der Waals surface area (Å²) in [6.07, 6.45) is 3.23. The molecule has 0 amide bonds. The standard InChI is InChI=1S/C7H17B3O2/c1-6(11)12-5-7(2-8,3-9)4-10/h2-5,8-10H2,1H3. The molecule has 0 aliphatic rings. The summed E-state index contributed by atoms with van der Waals surface area (Å²) in [6.45, 7) is 2.04. The molecule has 0 saturated carbocycles. The average Bonchev–Trinajstić information content (AvgIpc) is 2.08. The van der Waals surface area contributed by atoms with Crippen molar-refractivity contribution in [1.29, 1.82) is 0 Å². The molecule has 0 atom stereocenters. The third-order valence-corrected chi connectivity index (χ3v) is 2.83. The van der Waals surface area contributed by atoms with Crippen molar-refractivity contribution in [3.8, 4) is 0 Å². The van der Waals surface area contributed by atoms with Crippen LogP contribution in [0.3, 0.4) is 0 Å². The van der Waals surface area contributed by atoms with Gasteiger partial charge >= 0.3 is 5.97 Å². The quantitative estimate of drug-likeness (QED) is 0.374. The van der Waals surface area contributed by atoms with E-state index < -0.39 is 0 Å². The minimum atomic E-state index is -0.172. The van der Waals surface area contributed by atoms with E-state index >= 15 is 0 Å². The Kier molecular flexibility index (Phi) is 5.19. The first-order valence-electron chi connectivity index (χ1n) is 4.73. The second-order valence-corrected chi connectivity index (χ2v) is 3.34. The van der Waals surface area contributed by atoms with E-state index in [1.54, 1.807) is 0 Å². The Balaban J connectivity index is 4.01. The van der Waals surface area contributed by atoms with Gasteiger partial charge in [0.25, 0.3) is 0 Å². The van der Waals surface area contributed by atoms with Crippen LogP contribution in [0.4, 0.5) is 0 Å².